The van der Waals surface area contributed by atoms with Crippen molar-refractivity contribution in [1.82, 2.24) is 14.7 Å². The van der Waals surface area contributed by atoms with Crippen molar-refractivity contribution in [1.29, 1.82) is 0 Å². The summed E-state index contributed by atoms with van der Waals surface area (Å²) in [5, 5.41) is 0.0771. The maximum absolute atomic E-state index is 13.2. The van der Waals surface area contributed by atoms with E-state index in [0.29, 0.717) is 24.7 Å². The minimum atomic E-state index is -3.98. The van der Waals surface area contributed by atoms with Crippen LogP contribution in [0.15, 0.2) is 50.9 Å². The third-order valence-electron chi connectivity index (χ3n) is 4.90. The molecule has 3 rings (SSSR count). The van der Waals surface area contributed by atoms with Gasteiger partial charge in [0.2, 0.25) is 10.0 Å². The number of H-pyrrole nitrogens is 2. The van der Waals surface area contributed by atoms with E-state index in [9.17, 15) is 18.0 Å². The number of ether oxygens (including phenoxy) is 2. The number of benzene rings is 2. The van der Waals surface area contributed by atoms with Crippen molar-refractivity contribution in [3.63, 3.8) is 0 Å². The SMILES string of the molecule is CCOc1ccc([C@@H](NS(=O)(=O)c2ccc3[nH]c(=O)[nH]c(=O)c3c2)C(C)C)cc1OCC. The van der Waals surface area contributed by atoms with Gasteiger partial charge in [-0.05, 0) is 55.7 Å². The average molecular weight is 462 g/mol. The molecule has 1 aromatic heterocycles. The second kappa shape index (κ2) is 9.58. The van der Waals surface area contributed by atoms with Gasteiger partial charge in [0.05, 0.1) is 29.0 Å². The highest BCUT2D eigenvalue weighted by atomic mass is 32.2. The molecular formula is C22H27N3O6S. The van der Waals surface area contributed by atoms with Gasteiger partial charge in [0, 0.05) is 6.04 Å². The van der Waals surface area contributed by atoms with Gasteiger partial charge in [-0.15, -0.1) is 0 Å². The first-order valence-electron chi connectivity index (χ1n) is 10.3. The lowest BCUT2D eigenvalue weighted by Gasteiger charge is -2.24. The van der Waals surface area contributed by atoms with Gasteiger partial charge in [-0.2, -0.15) is 0 Å². The van der Waals surface area contributed by atoms with Gasteiger partial charge < -0.3 is 14.5 Å². The fourth-order valence-electron chi connectivity index (χ4n) is 3.40. The highest BCUT2D eigenvalue weighted by Gasteiger charge is 2.25. The Morgan fingerprint density at radius 2 is 1.62 bits per heavy atom. The Bertz CT molecular complexity index is 1330. The number of nitrogens with one attached hydrogen (secondary N) is 3. The molecule has 1 heterocycles. The summed E-state index contributed by atoms with van der Waals surface area (Å²) >= 11 is 0. The number of fused-ring (bicyclic) bond motifs is 1. The van der Waals surface area contributed by atoms with Crippen molar-refractivity contribution in [2.24, 2.45) is 5.92 Å². The highest BCUT2D eigenvalue weighted by Crippen LogP contribution is 2.33. The van der Waals surface area contributed by atoms with E-state index in [4.69, 9.17) is 9.47 Å². The molecule has 3 N–H and O–H groups in total. The molecule has 0 bridgehead atoms. The first-order chi connectivity index (χ1) is 15.2. The van der Waals surface area contributed by atoms with E-state index in [1.165, 1.54) is 18.2 Å². The predicted octanol–water partition coefficient (Wildman–Crippen LogP) is 2.69. The van der Waals surface area contributed by atoms with Crippen LogP contribution in [0.1, 0.15) is 39.3 Å². The van der Waals surface area contributed by atoms with Gasteiger partial charge in [0.25, 0.3) is 5.56 Å². The maximum Gasteiger partial charge on any atom is 0.326 e. The predicted molar refractivity (Wildman–Crippen MR) is 122 cm³/mol. The molecule has 0 aliphatic carbocycles. The Morgan fingerprint density at radius 1 is 0.938 bits per heavy atom. The third-order valence-corrected chi connectivity index (χ3v) is 6.34. The quantitative estimate of drug-likeness (QED) is 0.449. The minimum Gasteiger partial charge on any atom is -0.490 e. The first-order valence-corrected chi connectivity index (χ1v) is 11.8. The van der Waals surface area contributed by atoms with Crippen LogP contribution in [-0.2, 0) is 10.0 Å². The van der Waals surface area contributed by atoms with E-state index >= 15 is 0 Å². The van der Waals surface area contributed by atoms with Crippen LogP contribution < -0.4 is 25.4 Å². The van der Waals surface area contributed by atoms with Gasteiger partial charge >= 0.3 is 5.69 Å². The molecular weight excluding hydrogens is 434 g/mol. The molecule has 0 unspecified atom stereocenters. The summed E-state index contributed by atoms with van der Waals surface area (Å²) in [5.41, 5.74) is -0.338. The number of hydrogen-bond acceptors (Lipinski definition) is 6. The number of rotatable bonds is 9. The first kappa shape index (κ1) is 23.6. The smallest absolute Gasteiger partial charge is 0.326 e. The van der Waals surface area contributed by atoms with Crippen LogP contribution in [0.2, 0.25) is 0 Å². The number of aromatic nitrogens is 2. The number of aromatic amines is 2. The lowest BCUT2D eigenvalue weighted by molar-refractivity contribution is 0.287. The lowest BCUT2D eigenvalue weighted by atomic mass is 9.97. The molecule has 0 fully saturated rings. The van der Waals surface area contributed by atoms with Gasteiger partial charge in [-0.3, -0.25) is 9.78 Å². The average Bonchev–Trinajstić information content (AvgIpc) is 2.73. The summed E-state index contributed by atoms with van der Waals surface area (Å²) in [5.74, 6) is 1.04. The molecule has 0 radical (unpaired) electrons. The Hall–Kier alpha value is -3.11. The van der Waals surface area contributed by atoms with Crippen LogP contribution in [0.25, 0.3) is 10.9 Å². The van der Waals surface area contributed by atoms with Crippen molar-refractivity contribution >= 4 is 20.9 Å². The molecule has 0 saturated carbocycles. The number of hydrogen-bond donors (Lipinski definition) is 3. The van der Waals surface area contributed by atoms with Gasteiger partial charge in [0.1, 0.15) is 0 Å². The van der Waals surface area contributed by atoms with Gasteiger partial charge in [-0.1, -0.05) is 19.9 Å². The zero-order valence-electron chi connectivity index (χ0n) is 18.4. The highest BCUT2D eigenvalue weighted by molar-refractivity contribution is 7.89. The standard InChI is InChI=1S/C22H27N3O6S/c1-5-30-18-10-7-14(11-19(18)31-6-2)20(13(3)4)25-32(28,29)15-8-9-17-16(12-15)21(26)24-22(27)23-17/h7-13,20,25H,5-6H2,1-4H3,(H2,23,24,26,27)/t20-/m0/s1. The molecule has 1 atom stereocenters. The zero-order chi connectivity index (χ0) is 23.5. The molecule has 0 aliphatic rings. The largest absolute Gasteiger partial charge is 0.490 e. The topological polar surface area (TPSA) is 130 Å². The summed E-state index contributed by atoms with van der Waals surface area (Å²) in [6.07, 6.45) is 0. The molecule has 172 valence electrons. The van der Waals surface area contributed by atoms with Crippen molar-refractivity contribution in [3.05, 3.63) is 62.8 Å². The lowest BCUT2D eigenvalue weighted by Crippen LogP contribution is -2.32. The van der Waals surface area contributed by atoms with Crippen molar-refractivity contribution in [2.75, 3.05) is 13.2 Å². The molecule has 0 spiro atoms. The van der Waals surface area contributed by atoms with Crippen molar-refractivity contribution in [3.8, 4) is 11.5 Å². The molecule has 3 aromatic rings. The van der Waals surface area contributed by atoms with Gasteiger partial charge in [0.15, 0.2) is 11.5 Å². The van der Waals surface area contributed by atoms with Crippen LogP contribution in [0.5, 0.6) is 11.5 Å². The molecule has 9 nitrogen and oxygen atoms in total. The Kier molecular flexibility index (Phi) is 7.05. The molecule has 0 amide bonds. The Balaban J connectivity index is 2.00. The van der Waals surface area contributed by atoms with Crippen LogP contribution >= 0.6 is 0 Å². The van der Waals surface area contributed by atoms with Gasteiger partial charge in [-0.25, -0.2) is 17.9 Å². The van der Waals surface area contributed by atoms with Crippen LogP contribution in [0.4, 0.5) is 0 Å². The summed E-state index contributed by atoms with van der Waals surface area (Å²) in [4.78, 5) is 28.0. The molecule has 2 aromatic carbocycles. The monoisotopic (exact) mass is 461 g/mol. The summed E-state index contributed by atoms with van der Waals surface area (Å²) < 4.78 is 40.3. The van der Waals surface area contributed by atoms with Crippen LogP contribution in [0, 0.1) is 5.92 Å². The third kappa shape index (κ3) is 5.03. The zero-order valence-corrected chi connectivity index (χ0v) is 19.2. The van der Waals surface area contributed by atoms with E-state index < -0.39 is 27.3 Å². The Morgan fingerprint density at radius 3 is 2.28 bits per heavy atom. The summed E-state index contributed by atoms with van der Waals surface area (Å²) in [6, 6.07) is 8.77. The molecule has 0 saturated heterocycles. The van der Waals surface area contributed by atoms with E-state index in [-0.39, 0.29) is 21.7 Å². The van der Waals surface area contributed by atoms with Crippen molar-refractivity contribution < 1.29 is 17.9 Å². The van der Waals surface area contributed by atoms with Crippen LogP contribution in [0.3, 0.4) is 0 Å². The van der Waals surface area contributed by atoms with Crippen molar-refractivity contribution in [2.45, 2.75) is 38.6 Å². The van der Waals surface area contributed by atoms with E-state index in [2.05, 4.69) is 14.7 Å². The second-order valence-electron chi connectivity index (χ2n) is 7.53. The fraction of sp³-hybridized carbons (Fsp3) is 0.364. The number of sulfonamides is 1. The van der Waals surface area contributed by atoms with Crippen LogP contribution in [-0.4, -0.2) is 31.6 Å². The summed E-state index contributed by atoms with van der Waals surface area (Å²) in [7, 11) is -3.98. The van der Waals surface area contributed by atoms with E-state index in [1.807, 2.05) is 27.7 Å². The second-order valence-corrected chi connectivity index (χ2v) is 9.24. The maximum atomic E-state index is 13.2. The van der Waals surface area contributed by atoms with E-state index in [0.717, 1.165) is 5.56 Å². The minimum absolute atomic E-state index is 0.0771. The Labute approximate surface area is 185 Å². The molecule has 32 heavy (non-hydrogen) atoms. The summed E-state index contributed by atoms with van der Waals surface area (Å²) in [6.45, 7) is 8.46. The fourth-order valence-corrected chi connectivity index (χ4v) is 4.80. The normalized spacial score (nSPS) is 12.8. The molecule has 0 aliphatic heterocycles. The van der Waals surface area contributed by atoms with E-state index in [1.54, 1.807) is 18.2 Å². The molecule has 10 heteroatoms.